The van der Waals surface area contributed by atoms with Crippen molar-refractivity contribution in [2.45, 2.75) is 13.5 Å². The maximum atomic E-state index is 12.8. The Bertz CT molecular complexity index is 1570. The smallest absolute Gasteiger partial charge is 0.335 e. The molecule has 5 heteroatoms. The minimum atomic E-state index is -0.339. The van der Waals surface area contributed by atoms with Crippen LogP contribution in [0, 0.1) is 6.92 Å². The Morgan fingerprint density at radius 2 is 1.68 bits per heavy atom. The van der Waals surface area contributed by atoms with E-state index in [2.05, 4.69) is 54.0 Å². The SMILES string of the molecule is COC(=O)C1=Cc2c(c(-c3ccc(C)cc3)nn2-c2ccccc2)-c2cc3ccccc3n2C1. The number of carbonyl (C=O) groups excluding carboxylic acids is 1. The maximum absolute atomic E-state index is 12.8. The van der Waals surface area contributed by atoms with E-state index >= 15 is 0 Å². The van der Waals surface area contributed by atoms with Gasteiger partial charge in [-0.25, -0.2) is 9.48 Å². The third-order valence-electron chi connectivity index (χ3n) is 6.40. The van der Waals surface area contributed by atoms with Gasteiger partial charge in [-0.2, -0.15) is 5.10 Å². The van der Waals surface area contributed by atoms with Gasteiger partial charge in [-0.05, 0) is 37.3 Å². The molecule has 0 bridgehead atoms. The molecule has 0 atom stereocenters. The zero-order valence-electron chi connectivity index (χ0n) is 19.0. The monoisotopic (exact) mass is 445 g/mol. The summed E-state index contributed by atoms with van der Waals surface area (Å²) < 4.78 is 9.29. The number of fused-ring (bicyclic) bond motifs is 5. The molecule has 166 valence electrons. The van der Waals surface area contributed by atoms with E-state index in [0.29, 0.717) is 12.1 Å². The topological polar surface area (TPSA) is 49.0 Å². The highest BCUT2D eigenvalue weighted by atomic mass is 16.5. The molecule has 34 heavy (non-hydrogen) atoms. The van der Waals surface area contributed by atoms with Crippen LogP contribution in [0.2, 0.25) is 0 Å². The Kier molecular flexibility index (Phi) is 4.69. The third-order valence-corrected chi connectivity index (χ3v) is 6.40. The molecule has 5 aromatic rings. The van der Waals surface area contributed by atoms with E-state index in [9.17, 15) is 4.79 Å². The molecular weight excluding hydrogens is 422 g/mol. The normalized spacial score (nSPS) is 12.6. The fourth-order valence-corrected chi connectivity index (χ4v) is 4.72. The van der Waals surface area contributed by atoms with Crippen molar-refractivity contribution in [3.8, 4) is 28.2 Å². The summed E-state index contributed by atoms with van der Waals surface area (Å²) in [5.74, 6) is -0.339. The fourth-order valence-electron chi connectivity index (χ4n) is 4.72. The highest BCUT2D eigenvalue weighted by Gasteiger charge is 2.28. The molecule has 3 aromatic carbocycles. The number of hydrogen-bond acceptors (Lipinski definition) is 3. The predicted octanol–water partition coefficient (Wildman–Crippen LogP) is 6.04. The average Bonchev–Trinajstić information content (AvgIpc) is 3.37. The second kappa shape index (κ2) is 7.89. The average molecular weight is 446 g/mol. The van der Waals surface area contributed by atoms with Crippen LogP contribution in [0.15, 0.2) is 90.5 Å². The summed E-state index contributed by atoms with van der Waals surface area (Å²) >= 11 is 0. The van der Waals surface area contributed by atoms with E-state index < -0.39 is 0 Å². The van der Waals surface area contributed by atoms with Crippen molar-refractivity contribution in [2.24, 2.45) is 0 Å². The number of aromatic nitrogens is 3. The largest absolute Gasteiger partial charge is 0.466 e. The van der Waals surface area contributed by atoms with Gasteiger partial charge in [0.25, 0.3) is 0 Å². The van der Waals surface area contributed by atoms with Crippen molar-refractivity contribution in [1.82, 2.24) is 14.3 Å². The summed E-state index contributed by atoms with van der Waals surface area (Å²) in [6, 6.07) is 28.9. The highest BCUT2D eigenvalue weighted by Crippen LogP contribution is 2.41. The molecule has 0 saturated carbocycles. The zero-order chi connectivity index (χ0) is 23.2. The minimum Gasteiger partial charge on any atom is -0.466 e. The van der Waals surface area contributed by atoms with E-state index in [1.165, 1.54) is 12.7 Å². The Morgan fingerprint density at radius 3 is 2.44 bits per heavy atom. The third kappa shape index (κ3) is 3.17. The van der Waals surface area contributed by atoms with Crippen molar-refractivity contribution in [3.63, 3.8) is 0 Å². The van der Waals surface area contributed by atoms with Crippen LogP contribution in [0.3, 0.4) is 0 Å². The van der Waals surface area contributed by atoms with Crippen LogP contribution in [0.4, 0.5) is 0 Å². The Balaban J connectivity index is 1.74. The van der Waals surface area contributed by atoms with Gasteiger partial charge in [-0.3, -0.25) is 0 Å². The molecule has 0 unspecified atom stereocenters. The van der Waals surface area contributed by atoms with E-state index in [1.807, 2.05) is 53.2 Å². The van der Waals surface area contributed by atoms with Gasteiger partial charge < -0.3 is 9.30 Å². The number of carbonyl (C=O) groups is 1. The molecule has 0 amide bonds. The van der Waals surface area contributed by atoms with E-state index in [0.717, 1.165) is 44.8 Å². The lowest BCUT2D eigenvalue weighted by molar-refractivity contribution is -0.136. The van der Waals surface area contributed by atoms with Crippen molar-refractivity contribution in [1.29, 1.82) is 0 Å². The number of hydrogen-bond donors (Lipinski definition) is 0. The molecule has 0 N–H and O–H groups in total. The lowest BCUT2D eigenvalue weighted by atomic mass is 10.0. The number of nitrogens with zero attached hydrogens (tertiary/aromatic N) is 3. The second-order valence-electron chi connectivity index (χ2n) is 8.56. The maximum Gasteiger partial charge on any atom is 0.335 e. The van der Waals surface area contributed by atoms with Gasteiger partial charge in [0.1, 0.15) is 5.69 Å². The van der Waals surface area contributed by atoms with Crippen LogP contribution < -0.4 is 0 Å². The molecule has 0 radical (unpaired) electrons. The van der Waals surface area contributed by atoms with Crippen LogP contribution in [-0.2, 0) is 16.1 Å². The van der Waals surface area contributed by atoms with Crippen LogP contribution in [0.5, 0.6) is 0 Å². The van der Waals surface area contributed by atoms with Gasteiger partial charge in [0.05, 0.1) is 41.9 Å². The molecule has 0 spiro atoms. The van der Waals surface area contributed by atoms with Gasteiger partial charge in [0.15, 0.2) is 0 Å². The van der Waals surface area contributed by atoms with Crippen molar-refractivity contribution in [3.05, 3.63) is 102 Å². The molecule has 2 aromatic heterocycles. The van der Waals surface area contributed by atoms with Crippen molar-refractivity contribution >= 4 is 22.9 Å². The van der Waals surface area contributed by atoms with Gasteiger partial charge in [-0.1, -0.05) is 66.2 Å². The van der Waals surface area contributed by atoms with Crippen LogP contribution in [-0.4, -0.2) is 27.4 Å². The van der Waals surface area contributed by atoms with Gasteiger partial charge >= 0.3 is 5.97 Å². The summed E-state index contributed by atoms with van der Waals surface area (Å²) in [5.41, 5.74) is 8.59. The van der Waals surface area contributed by atoms with Gasteiger partial charge in [-0.15, -0.1) is 0 Å². The fraction of sp³-hybridized carbons (Fsp3) is 0.103. The first-order valence-corrected chi connectivity index (χ1v) is 11.3. The highest BCUT2D eigenvalue weighted by molar-refractivity contribution is 6.00. The second-order valence-corrected chi connectivity index (χ2v) is 8.56. The Labute approximate surface area is 197 Å². The molecule has 5 nitrogen and oxygen atoms in total. The van der Waals surface area contributed by atoms with Gasteiger partial charge in [0.2, 0.25) is 0 Å². The zero-order valence-corrected chi connectivity index (χ0v) is 19.0. The predicted molar refractivity (Wildman–Crippen MR) is 135 cm³/mol. The summed E-state index contributed by atoms with van der Waals surface area (Å²) in [6.45, 7) is 2.50. The van der Waals surface area contributed by atoms with Crippen molar-refractivity contribution < 1.29 is 9.53 Å². The number of para-hydroxylation sites is 2. The van der Waals surface area contributed by atoms with Gasteiger partial charge in [0, 0.05) is 16.5 Å². The molecule has 1 aliphatic heterocycles. The Morgan fingerprint density at radius 1 is 0.941 bits per heavy atom. The van der Waals surface area contributed by atoms with Crippen LogP contribution in [0.1, 0.15) is 11.3 Å². The van der Waals surface area contributed by atoms with Crippen LogP contribution >= 0.6 is 0 Å². The summed E-state index contributed by atoms with van der Waals surface area (Å²) in [6.07, 6.45) is 1.93. The standard InChI is InChI=1S/C29H23N3O2/c1-19-12-14-20(15-13-19)28-27-25-16-21-8-6-7-11-24(21)31(25)18-22(29(33)34-2)17-26(27)32(30-28)23-9-4-3-5-10-23/h3-17H,18H2,1-2H3. The number of benzene rings is 3. The number of aryl methyl sites for hydroxylation is 1. The summed E-state index contributed by atoms with van der Waals surface area (Å²) in [5, 5.41) is 6.22. The summed E-state index contributed by atoms with van der Waals surface area (Å²) in [7, 11) is 1.43. The first-order valence-electron chi connectivity index (χ1n) is 11.3. The molecule has 3 heterocycles. The quantitative estimate of drug-likeness (QED) is 0.318. The van der Waals surface area contributed by atoms with Crippen molar-refractivity contribution in [2.75, 3.05) is 7.11 Å². The van der Waals surface area contributed by atoms with Crippen LogP contribution in [0.25, 0.3) is 45.2 Å². The van der Waals surface area contributed by atoms with E-state index in [4.69, 9.17) is 9.84 Å². The van der Waals surface area contributed by atoms with E-state index in [-0.39, 0.29) is 5.97 Å². The molecule has 0 saturated heterocycles. The van der Waals surface area contributed by atoms with E-state index in [1.54, 1.807) is 0 Å². The number of ether oxygens (including phenoxy) is 1. The molecule has 0 aliphatic carbocycles. The lowest BCUT2D eigenvalue weighted by Gasteiger charge is -2.10. The number of rotatable bonds is 3. The number of methoxy groups -OCH3 is 1. The molecular formula is C29H23N3O2. The summed E-state index contributed by atoms with van der Waals surface area (Å²) in [4.78, 5) is 12.8. The first kappa shape index (κ1) is 20.2. The minimum absolute atomic E-state index is 0.339. The Hall–Kier alpha value is -4.38. The molecule has 1 aliphatic rings. The molecule has 6 rings (SSSR count). The molecule has 0 fully saturated rings. The number of esters is 1. The first-order chi connectivity index (χ1) is 16.6. The lowest BCUT2D eigenvalue weighted by Crippen LogP contribution is -2.11.